The molecule has 0 radical (unpaired) electrons. The first-order chi connectivity index (χ1) is 18.5. The van der Waals surface area contributed by atoms with Crippen LogP contribution in [0.15, 0.2) is 71.6 Å². The van der Waals surface area contributed by atoms with Gasteiger partial charge in [0.2, 0.25) is 5.91 Å². The summed E-state index contributed by atoms with van der Waals surface area (Å²) in [7, 11) is 0.810. The number of rotatable bonds is 8. The molecule has 0 bridgehead atoms. The second-order valence-electron chi connectivity index (χ2n) is 9.78. The van der Waals surface area contributed by atoms with Crippen molar-refractivity contribution in [3.05, 3.63) is 83.4 Å². The number of hydrogen-bond donors (Lipinski definition) is 1. The van der Waals surface area contributed by atoms with E-state index in [4.69, 9.17) is 9.47 Å². The highest BCUT2D eigenvalue weighted by Gasteiger charge is 2.42. The molecule has 2 amide bonds. The number of nitrogens with zero attached hydrogens (tertiary/aromatic N) is 2. The first-order valence-corrected chi connectivity index (χ1v) is 14.0. The number of aryl methyl sites for hydroxylation is 2. The van der Waals surface area contributed by atoms with Crippen LogP contribution in [0.3, 0.4) is 0 Å². The molecule has 39 heavy (non-hydrogen) atoms. The number of methoxy groups -OCH3 is 1. The van der Waals surface area contributed by atoms with Crippen LogP contribution in [0.5, 0.6) is 11.5 Å². The van der Waals surface area contributed by atoms with Crippen molar-refractivity contribution in [2.24, 2.45) is 0 Å². The number of carbonyl (C=O) groups excluding carboxylic acids is 2. The van der Waals surface area contributed by atoms with Gasteiger partial charge in [0.15, 0.2) is 0 Å². The molecule has 4 rings (SSSR count). The summed E-state index contributed by atoms with van der Waals surface area (Å²) in [5.41, 5.74) is 2.65. The van der Waals surface area contributed by atoms with Crippen LogP contribution in [0.2, 0.25) is 0 Å². The van der Waals surface area contributed by atoms with E-state index in [1.165, 1.54) is 18.1 Å². The molecule has 10 heteroatoms. The first-order valence-electron chi connectivity index (χ1n) is 12.5. The SMILES string of the molecule is COc1ccccc1S(=O)(=O)Nc1cccc(O[C@H]2C[C@@H](C(=O)N(C)C)N(C(=O)c3cc(C)ccc3C)C2)c1. The van der Waals surface area contributed by atoms with Crippen molar-refractivity contribution in [3.8, 4) is 11.5 Å². The third kappa shape index (κ3) is 6.17. The van der Waals surface area contributed by atoms with E-state index in [0.29, 0.717) is 23.4 Å². The van der Waals surface area contributed by atoms with Crippen LogP contribution in [0, 0.1) is 13.8 Å². The Kier molecular flexibility index (Phi) is 8.15. The maximum Gasteiger partial charge on any atom is 0.265 e. The lowest BCUT2D eigenvalue weighted by Gasteiger charge is -2.26. The van der Waals surface area contributed by atoms with Gasteiger partial charge in [0.25, 0.3) is 15.9 Å². The molecule has 0 unspecified atom stereocenters. The number of hydrogen-bond acceptors (Lipinski definition) is 6. The predicted octanol–water partition coefficient (Wildman–Crippen LogP) is 3.86. The van der Waals surface area contributed by atoms with Crippen molar-refractivity contribution < 1.29 is 27.5 Å². The van der Waals surface area contributed by atoms with Crippen molar-refractivity contribution >= 4 is 27.5 Å². The summed E-state index contributed by atoms with van der Waals surface area (Å²) in [6, 6.07) is 17.9. The molecule has 1 fully saturated rings. The number of carbonyl (C=O) groups is 2. The van der Waals surface area contributed by atoms with Crippen LogP contribution in [-0.4, -0.2) is 69.9 Å². The summed E-state index contributed by atoms with van der Waals surface area (Å²) in [5.74, 6) is 0.241. The minimum atomic E-state index is -3.92. The van der Waals surface area contributed by atoms with Gasteiger partial charge in [-0.1, -0.05) is 35.9 Å². The summed E-state index contributed by atoms with van der Waals surface area (Å²) in [5, 5.41) is 0. The highest BCUT2D eigenvalue weighted by molar-refractivity contribution is 7.92. The van der Waals surface area contributed by atoms with Gasteiger partial charge in [-0.25, -0.2) is 8.42 Å². The molecule has 1 saturated heterocycles. The smallest absolute Gasteiger partial charge is 0.265 e. The molecule has 3 aromatic rings. The average molecular weight is 552 g/mol. The number of nitrogens with one attached hydrogen (secondary N) is 1. The lowest BCUT2D eigenvalue weighted by molar-refractivity contribution is -0.132. The van der Waals surface area contributed by atoms with Gasteiger partial charge in [-0.15, -0.1) is 0 Å². The zero-order chi connectivity index (χ0) is 28.3. The highest BCUT2D eigenvalue weighted by atomic mass is 32.2. The summed E-state index contributed by atoms with van der Waals surface area (Å²) < 4.78 is 40.0. The zero-order valence-electron chi connectivity index (χ0n) is 22.7. The lowest BCUT2D eigenvalue weighted by Crippen LogP contribution is -2.45. The number of sulfonamides is 1. The number of likely N-dealkylation sites (N-methyl/N-ethyl adjacent to an activating group) is 1. The van der Waals surface area contributed by atoms with E-state index < -0.39 is 22.2 Å². The van der Waals surface area contributed by atoms with E-state index >= 15 is 0 Å². The van der Waals surface area contributed by atoms with Crippen LogP contribution in [0.25, 0.3) is 0 Å². The number of benzene rings is 3. The highest BCUT2D eigenvalue weighted by Crippen LogP contribution is 2.30. The number of para-hydroxylation sites is 1. The molecule has 3 aromatic carbocycles. The maximum absolute atomic E-state index is 13.6. The van der Waals surface area contributed by atoms with Gasteiger partial charge in [0.05, 0.1) is 19.3 Å². The summed E-state index contributed by atoms with van der Waals surface area (Å²) >= 11 is 0. The van der Waals surface area contributed by atoms with Gasteiger partial charge in [-0.05, 0) is 49.7 Å². The zero-order valence-corrected chi connectivity index (χ0v) is 23.5. The van der Waals surface area contributed by atoms with Gasteiger partial charge in [-0.3, -0.25) is 14.3 Å². The second-order valence-corrected chi connectivity index (χ2v) is 11.4. The van der Waals surface area contributed by atoms with E-state index in [0.717, 1.165) is 11.1 Å². The Morgan fingerprint density at radius 1 is 1.00 bits per heavy atom. The van der Waals surface area contributed by atoms with Crippen molar-refractivity contribution in [2.45, 2.75) is 37.3 Å². The van der Waals surface area contributed by atoms with Gasteiger partial charge in [0, 0.05) is 32.1 Å². The number of anilines is 1. The Hall–Kier alpha value is -4.05. The van der Waals surface area contributed by atoms with E-state index in [1.54, 1.807) is 61.5 Å². The molecule has 1 aliphatic rings. The van der Waals surface area contributed by atoms with Crippen LogP contribution < -0.4 is 14.2 Å². The Balaban J connectivity index is 1.55. The van der Waals surface area contributed by atoms with Crippen molar-refractivity contribution in [1.29, 1.82) is 0 Å². The first kappa shape index (κ1) is 28.0. The molecule has 0 aliphatic carbocycles. The second kappa shape index (κ2) is 11.4. The number of ether oxygens (including phenoxy) is 2. The van der Waals surface area contributed by atoms with Crippen molar-refractivity contribution in [2.75, 3.05) is 32.5 Å². The number of amides is 2. The minimum Gasteiger partial charge on any atom is -0.495 e. The van der Waals surface area contributed by atoms with Gasteiger partial charge < -0.3 is 19.3 Å². The summed E-state index contributed by atoms with van der Waals surface area (Å²) in [6.45, 7) is 4.01. The normalized spacial score (nSPS) is 17.0. The predicted molar refractivity (Wildman–Crippen MR) is 149 cm³/mol. The maximum atomic E-state index is 13.6. The molecule has 1 N–H and O–H groups in total. The van der Waals surface area contributed by atoms with E-state index in [2.05, 4.69) is 4.72 Å². The van der Waals surface area contributed by atoms with Gasteiger partial charge in [-0.2, -0.15) is 0 Å². The molecule has 0 saturated carbocycles. The molecular weight excluding hydrogens is 518 g/mol. The standard InChI is InChI=1S/C29H33N3O6S/c1-19-13-14-20(2)24(15-19)28(33)32-18-23(17-25(32)29(34)31(3)4)38-22-10-8-9-21(16-22)30-39(35,36)27-12-7-6-11-26(27)37-5/h6-16,23,25,30H,17-18H2,1-5H3/t23-,25-/m0/s1. The van der Waals surface area contributed by atoms with Crippen molar-refractivity contribution in [3.63, 3.8) is 0 Å². The fraction of sp³-hybridized carbons (Fsp3) is 0.310. The minimum absolute atomic E-state index is 0.0141. The monoisotopic (exact) mass is 551 g/mol. The number of likely N-dealkylation sites (tertiary alicyclic amines) is 1. The Morgan fingerprint density at radius 3 is 2.46 bits per heavy atom. The van der Waals surface area contributed by atoms with E-state index in [-0.39, 0.29) is 29.0 Å². The third-order valence-electron chi connectivity index (χ3n) is 6.62. The molecule has 9 nitrogen and oxygen atoms in total. The van der Waals surface area contributed by atoms with Gasteiger partial charge >= 0.3 is 0 Å². The summed E-state index contributed by atoms with van der Waals surface area (Å²) in [4.78, 5) is 29.7. The van der Waals surface area contributed by atoms with Crippen LogP contribution in [-0.2, 0) is 14.8 Å². The largest absolute Gasteiger partial charge is 0.495 e. The topological polar surface area (TPSA) is 105 Å². The van der Waals surface area contributed by atoms with Gasteiger partial charge in [0.1, 0.15) is 28.5 Å². The third-order valence-corrected chi connectivity index (χ3v) is 8.04. The van der Waals surface area contributed by atoms with Crippen LogP contribution in [0.4, 0.5) is 5.69 Å². The van der Waals surface area contributed by atoms with Crippen LogP contribution >= 0.6 is 0 Å². The van der Waals surface area contributed by atoms with E-state index in [1.807, 2.05) is 32.0 Å². The Bertz CT molecular complexity index is 1490. The quantitative estimate of drug-likeness (QED) is 0.456. The fourth-order valence-electron chi connectivity index (χ4n) is 4.64. The summed E-state index contributed by atoms with van der Waals surface area (Å²) in [6.07, 6.45) is -0.154. The molecule has 0 aromatic heterocycles. The molecule has 1 heterocycles. The Labute approximate surface area is 229 Å². The molecule has 1 aliphatic heterocycles. The Morgan fingerprint density at radius 2 is 1.74 bits per heavy atom. The fourth-order valence-corrected chi connectivity index (χ4v) is 5.86. The molecule has 206 valence electrons. The molecule has 0 spiro atoms. The average Bonchev–Trinajstić information content (AvgIpc) is 3.32. The van der Waals surface area contributed by atoms with E-state index in [9.17, 15) is 18.0 Å². The molecular formula is C29H33N3O6S. The molecule has 2 atom stereocenters. The van der Waals surface area contributed by atoms with Crippen LogP contribution in [0.1, 0.15) is 27.9 Å². The lowest BCUT2D eigenvalue weighted by atomic mass is 10.0. The van der Waals surface area contributed by atoms with Crippen molar-refractivity contribution in [1.82, 2.24) is 9.80 Å².